The molecule has 1 fully saturated rings. The summed E-state index contributed by atoms with van der Waals surface area (Å²) in [6.07, 6.45) is 0. The zero-order valence-electron chi connectivity index (χ0n) is 11.1. The number of rotatable bonds is 4. The van der Waals surface area contributed by atoms with Crippen LogP contribution in [-0.2, 0) is 11.3 Å². The van der Waals surface area contributed by atoms with Crippen LogP contribution in [0.1, 0.15) is 24.4 Å². The highest BCUT2D eigenvalue weighted by atomic mass is 32.1. The molecule has 100 valence electrons. The van der Waals surface area contributed by atoms with Gasteiger partial charge in [-0.2, -0.15) is 0 Å². The molecule has 0 unspecified atom stereocenters. The second-order valence-electron chi connectivity index (χ2n) is 5.41. The van der Waals surface area contributed by atoms with Crippen molar-refractivity contribution in [3.8, 4) is 0 Å². The van der Waals surface area contributed by atoms with Crippen LogP contribution in [0.4, 0.5) is 0 Å². The highest BCUT2D eigenvalue weighted by Crippen LogP contribution is 2.31. The fourth-order valence-corrected chi connectivity index (χ4v) is 3.48. The molecule has 0 bridgehead atoms. The van der Waals surface area contributed by atoms with E-state index in [1.54, 1.807) is 11.3 Å². The third-order valence-electron chi connectivity index (χ3n) is 3.83. The number of aromatic nitrogens is 1. The maximum absolute atomic E-state index is 11.3. The van der Waals surface area contributed by atoms with Crippen molar-refractivity contribution >= 4 is 17.3 Å². The number of carboxylic acid groups (broad SMARTS) is 1. The van der Waals surface area contributed by atoms with Crippen LogP contribution in [0.5, 0.6) is 0 Å². The molecule has 0 aliphatic carbocycles. The third-order valence-corrected chi connectivity index (χ3v) is 4.75. The monoisotopic (exact) mass is 268 g/mol. The number of thiazole rings is 1. The minimum Gasteiger partial charge on any atom is -0.481 e. The average Bonchev–Trinajstić information content (AvgIpc) is 2.87. The van der Waals surface area contributed by atoms with E-state index in [4.69, 9.17) is 0 Å². The molecule has 1 saturated heterocycles. The molecule has 5 heteroatoms. The van der Waals surface area contributed by atoms with Gasteiger partial charge in [0.25, 0.3) is 0 Å². The first-order valence-electron chi connectivity index (χ1n) is 6.33. The Morgan fingerprint density at radius 2 is 2.33 bits per heavy atom. The number of aryl methyl sites for hydroxylation is 1. The maximum atomic E-state index is 11.3. The van der Waals surface area contributed by atoms with E-state index >= 15 is 0 Å². The molecule has 0 aromatic carbocycles. The van der Waals surface area contributed by atoms with E-state index in [0.29, 0.717) is 12.5 Å². The predicted octanol–water partition coefficient (Wildman–Crippen LogP) is 2.24. The van der Waals surface area contributed by atoms with Crippen molar-refractivity contribution in [3.63, 3.8) is 0 Å². The van der Waals surface area contributed by atoms with Crippen LogP contribution in [0.2, 0.25) is 0 Å². The summed E-state index contributed by atoms with van der Waals surface area (Å²) in [6, 6.07) is 0. The second kappa shape index (κ2) is 5.36. The van der Waals surface area contributed by atoms with Crippen LogP contribution >= 0.6 is 11.3 Å². The Kier molecular flexibility index (Phi) is 4.02. The highest BCUT2D eigenvalue weighted by Gasteiger charge is 2.39. The molecule has 1 N–H and O–H groups in total. The Hall–Kier alpha value is -0.940. The lowest BCUT2D eigenvalue weighted by Gasteiger charge is -2.18. The van der Waals surface area contributed by atoms with Gasteiger partial charge in [0, 0.05) is 24.5 Å². The van der Waals surface area contributed by atoms with Crippen LogP contribution in [0.15, 0.2) is 5.51 Å². The summed E-state index contributed by atoms with van der Waals surface area (Å²) >= 11 is 1.66. The molecule has 2 atom stereocenters. The van der Waals surface area contributed by atoms with Crippen LogP contribution in [0.25, 0.3) is 0 Å². The van der Waals surface area contributed by atoms with Crippen molar-refractivity contribution in [3.05, 3.63) is 16.1 Å². The van der Waals surface area contributed by atoms with E-state index in [0.717, 1.165) is 18.8 Å². The van der Waals surface area contributed by atoms with Gasteiger partial charge in [-0.3, -0.25) is 9.69 Å². The summed E-state index contributed by atoms with van der Waals surface area (Å²) < 4.78 is 0. The van der Waals surface area contributed by atoms with Crippen molar-refractivity contribution in [2.24, 2.45) is 17.8 Å². The van der Waals surface area contributed by atoms with Gasteiger partial charge in [0.05, 0.1) is 17.1 Å². The van der Waals surface area contributed by atoms with Crippen molar-refractivity contribution in [1.29, 1.82) is 0 Å². The lowest BCUT2D eigenvalue weighted by Crippen LogP contribution is -2.25. The van der Waals surface area contributed by atoms with E-state index in [9.17, 15) is 9.90 Å². The zero-order chi connectivity index (χ0) is 13.3. The summed E-state index contributed by atoms with van der Waals surface area (Å²) in [6.45, 7) is 8.62. The SMILES string of the molecule is Cc1ncsc1CN1C[C@H](C(=O)O)[C@@H](C(C)C)C1. The third kappa shape index (κ3) is 2.72. The van der Waals surface area contributed by atoms with Crippen molar-refractivity contribution in [2.75, 3.05) is 13.1 Å². The van der Waals surface area contributed by atoms with E-state index in [2.05, 4.69) is 23.7 Å². The Morgan fingerprint density at radius 1 is 1.61 bits per heavy atom. The van der Waals surface area contributed by atoms with Gasteiger partial charge >= 0.3 is 5.97 Å². The molecule has 0 saturated carbocycles. The molecule has 0 amide bonds. The van der Waals surface area contributed by atoms with Gasteiger partial charge in [0.2, 0.25) is 0 Å². The van der Waals surface area contributed by atoms with E-state index in [1.165, 1.54) is 4.88 Å². The fourth-order valence-electron chi connectivity index (χ4n) is 2.66. The molecule has 0 radical (unpaired) electrons. The number of hydrogen-bond acceptors (Lipinski definition) is 4. The summed E-state index contributed by atoms with van der Waals surface area (Å²) in [5.74, 6) is -0.204. The molecular weight excluding hydrogens is 248 g/mol. The first kappa shape index (κ1) is 13.5. The van der Waals surface area contributed by atoms with Crippen LogP contribution in [0, 0.1) is 24.7 Å². The maximum Gasteiger partial charge on any atom is 0.308 e. The number of likely N-dealkylation sites (tertiary alicyclic amines) is 1. The zero-order valence-corrected chi connectivity index (χ0v) is 11.9. The first-order chi connectivity index (χ1) is 8.49. The van der Waals surface area contributed by atoms with E-state index in [1.807, 2.05) is 12.4 Å². The molecule has 1 aromatic rings. The lowest BCUT2D eigenvalue weighted by atomic mass is 9.86. The summed E-state index contributed by atoms with van der Waals surface area (Å²) in [7, 11) is 0. The molecule has 1 aliphatic rings. The van der Waals surface area contributed by atoms with Gasteiger partial charge < -0.3 is 5.11 Å². The number of hydrogen-bond donors (Lipinski definition) is 1. The number of carbonyl (C=O) groups is 1. The number of carboxylic acids is 1. The standard InChI is InChI=1S/C13H20N2O2S/c1-8(2)10-4-15(5-11(10)13(16)17)6-12-9(3)14-7-18-12/h7-8,10-11H,4-6H2,1-3H3,(H,16,17)/t10-,11+/m1/s1. The quantitative estimate of drug-likeness (QED) is 0.910. The van der Waals surface area contributed by atoms with Crippen molar-refractivity contribution in [1.82, 2.24) is 9.88 Å². The normalized spacial score (nSPS) is 24.9. The van der Waals surface area contributed by atoms with E-state index in [-0.39, 0.29) is 11.8 Å². The topological polar surface area (TPSA) is 53.4 Å². The van der Waals surface area contributed by atoms with Gasteiger partial charge in [-0.05, 0) is 18.8 Å². The first-order valence-corrected chi connectivity index (χ1v) is 7.21. The summed E-state index contributed by atoms with van der Waals surface area (Å²) in [5, 5.41) is 9.29. The van der Waals surface area contributed by atoms with Crippen LogP contribution < -0.4 is 0 Å². The Labute approximate surface area is 112 Å². The lowest BCUT2D eigenvalue weighted by molar-refractivity contribution is -0.143. The van der Waals surface area contributed by atoms with Crippen LogP contribution in [-0.4, -0.2) is 34.0 Å². The average molecular weight is 268 g/mol. The summed E-state index contributed by atoms with van der Waals surface area (Å²) in [4.78, 5) is 19.0. The molecule has 2 heterocycles. The van der Waals surface area contributed by atoms with Gasteiger partial charge in [0.15, 0.2) is 0 Å². The second-order valence-corrected chi connectivity index (χ2v) is 6.35. The molecule has 0 spiro atoms. The van der Waals surface area contributed by atoms with Crippen molar-refractivity contribution < 1.29 is 9.90 Å². The summed E-state index contributed by atoms with van der Waals surface area (Å²) in [5.41, 5.74) is 2.93. The number of aliphatic carboxylic acids is 1. The molecule has 1 aliphatic heterocycles. The minimum absolute atomic E-state index is 0.224. The van der Waals surface area contributed by atoms with Gasteiger partial charge in [-0.1, -0.05) is 13.8 Å². The van der Waals surface area contributed by atoms with Crippen molar-refractivity contribution in [2.45, 2.75) is 27.3 Å². The van der Waals surface area contributed by atoms with Gasteiger partial charge in [0.1, 0.15) is 0 Å². The molecular formula is C13H20N2O2S. The van der Waals surface area contributed by atoms with E-state index < -0.39 is 5.97 Å². The van der Waals surface area contributed by atoms with Gasteiger partial charge in [-0.25, -0.2) is 4.98 Å². The molecule has 1 aromatic heterocycles. The van der Waals surface area contributed by atoms with Crippen LogP contribution in [0.3, 0.4) is 0 Å². The Morgan fingerprint density at radius 3 is 2.78 bits per heavy atom. The minimum atomic E-state index is -0.655. The Balaban J connectivity index is 2.05. The molecule has 2 rings (SSSR count). The smallest absolute Gasteiger partial charge is 0.308 e. The number of nitrogens with zero attached hydrogens (tertiary/aromatic N) is 2. The molecule has 18 heavy (non-hydrogen) atoms. The largest absolute Gasteiger partial charge is 0.481 e. The fraction of sp³-hybridized carbons (Fsp3) is 0.692. The van der Waals surface area contributed by atoms with Gasteiger partial charge in [-0.15, -0.1) is 11.3 Å². The predicted molar refractivity (Wildman–Crippen MR) is 71.6 cm³/mol. The Bertz CT molecular complexity index is 430. The molecule has 4 nitrogen and oxygen atoms in total. The highest BCUT2D eigenvalue weighted by molar-refractivity contribution is 7.09.